The van der Waals surface area contributed by atoms with E-state index >= 15 is 0 Å². The predicted molar refractivity (Wildman–Crippen MR) is 176 cm³/mol. The minimum Gasteiger partial charge on any atom is -0.396 e. The van der Waals surface area contributed by atoms with Gasteiger partial charge in [0.15, 0.2) is 12.6 Å². The predicted octanol–water partition coefficient (Wildman–Crippen LogP) is -6.32. The summed E-state index contributed by atoms with van der Waals surface area (Å²) in [6, 6.07) is -2.58. The standard InChI is InChI=1S/C28H59N9O13/c1-18(40)35-24(26(44)22(42)3-7-39)28(46)50-13-11-48-9-5-33-15-20(37-31)17-34-16-19(36-30)14-32-4-8-47-10-12-49-27(45)23(29)25(43)21(41)2-6-38/h14-15,21-28,31-34,36,38-39,41-46H,2-13,16-17,29-30H2,1H3,(H,35,40)/b19-14-,20-15-,37-31?. The molecule has 0 aliphatic carbocycles. The quantitative estimate of drug-likeness (QED) is 0.00981. The Labute approximate surface area is 291 Å². The SMILES string of the molecule is CC(=O)NC(C(O)OCCOCCN/C=C(/CNC/C(=C/NCCOCCOC(O)C(N)C(O)C(O)CCO)NN)N=N)C(O)C(O)CCO. The van der Waals surface area contributed by atoms with Gasteiger partial charge in [0.1, 0.15) is 12.1 Å². The Morgan fingerprint density at radius 2 is 1.34 bits per heavy atom. The average Bonchev–Trinajstić information content (AvgIpc) is 3.09. The van der Waals surface area contributed by atoms with E-state index in [1.165, 1.54) is 13.1 Å². The molecule has 0 aliphatic rings. The lowest BCUT2D eigenvalue weighted by molar-refractivity contribution is -0.165. The van der Waals surface area contributed by atoms with Crippen molar-refractivity contribution in [3.8, 4) is 0 Å². The summed E-state index contributed by atoms with van der Waals surface area (Å²) < 4.78 is 21.1. The molecule has 0 saturated heterocycles. The first kappa shape index (κ1) is 47.4. The maximum atomic E-state index is 11.4. The van der Waals surface area contributed by atoms with Gasteiger partial charge < -0.3 is 92.2 Å². The smallest absolute Gasteiger partial charge is 0.217 e. The number of carbonyl (C=O) groups is 1. The van der Waals surface area contributed by atoms with Crippen LogP contribution in [0.2, 0.25) is 0 Å². The van der Waals surface area contributed by atoms with E-state index in [-0.39, 0.29) is 59.0 Å². The second kappa shape index (κ2) is 30.0. The van der Waals surface area contributed by atoms with Gasteiger partial charge in [0.2, 0.25) is 5.91 Å². The van der Waals surface area contributed by atoms with E-state index < -0.39 is 61.6 Å². The molecule has 294 valence electrons. The summed E-state index contributed by atoms with van der Waals surface area (Å²) in [5.41, 5.74) is 16.5. The number of nitrogens with one attached hydrogen (secondary N) is 6. The van der Waals surface area contributed by atoms with Crippen LogP contribution in [-0.2, 0) is 23.7 Å². The van der Waals surface area contributed by atoms with Gasteiger partial charge in [0, 0.05) is 58.7 Å². The van der Waals surface area contributed by atoms with Gasteiger partial charge in [0.25, 0.3) is 0 Å². The number of hydrogen-bond acceptors (Lipinski definition) is 21. The lowest BCUT2D eigenvalue weighted by Gasteiger charge is -2.30. The van der Waals surface area contributed by atoms with Gasteiger partial charge in [-0.25, -0.2) is 5.53 Å². The normalized spacial score (nSPS) is 17.2. The third kappa shape index (κ3) is 22.2. The lowest BCUT2D eigenvalue weighted by atomic mass is 10.0. The van der Waals surface area contributed by atoms with Crippen molar-refractivity contribution >= 4 is 5.91 Å². The van der Waals surface area contributed by atoms with Gasteiger partial charge in [-0.1, -0.05) is 0 Å². The van der Waals surface area contributed by atoms with Gasteiger partial charge in [0.05, 0.1) is 75.4 Å². The first-order valence-corrected chi connectivity index (χ1v) is 16.0. The van der Waals surface area contributed by atoms with E-state index in [1.807, 2.05) is 0 Å². The van der Waals surface area contributed by atoms with Crippen LogP contribution in [0.15, 0.2) is 28.9 Å². The molecule has 0 fully saturated rings. The van der Waals surface area contributed by atoms with E-state index in [2.05, 4.69) is 31.8 Å². The number of nitrogens with two attached hydrogens (primary N) is 2. The van der Waals surface area contributed by atoms with Gasteiger partial charge in [-0.05, 0) is 12.8 Å². The number of aliphatic hydroxyl groups excluding tert-OH is 8. The van der Waals surface area contributed by atoms with Crippen molar-refractivity contribution in [1.29, 1.82) is 5.53 Å². The molecular formula is C28H59N9O13. The highest BCUT2D eigenvalue weighted by atomic mass is 16.6. The van der Waals surface area contributed by atoms with Crippen molar-refractivity contribution in [2.75, 3.05) is 79.0 Å². The fourth-order valence-corrected chi connectivity index (χ4v) is 3.94. The Balaban J connectivity index is 4.19. The molecule has 0 rings (SSSR count). The maximum absolute atomic E-state index is 11.4. The van der Waals surface area contributed by atoms with Gasteiger partial charge >= 0.3 is 0 Å². The molecule has 0 aromatic carbocycles. The highest BCUT2D eigenvalue weighted by molar-refractivity contribution is 5.73. The third-order valence-corrected chi connectivity index (χ3v) is 6.72. The van der Waals surface area contributed by atoms with Crippen LogP contribution >= 0.6 is 0 Å². The number of hydrogen-bond donors (Lipinski definition) is 16. The van der Waals surface area contributed by atoms with Crippen LogP contribution in [0.25, 0.3) is 0 Å². The maximum Gasteiger partial charge on any atom is 0.217 e. The average molecular weight is 730 g/mol. The largest absolute Gasteiger partial charge is 0.396 e. The van der Waals surface area contributed by atoms with E-state index in [1.54, 1.807) is 6.20 Å². The zero-order valence-corrected chi connectivity index (χ0v) is 28.4. The molecule has 50 heavy (non-hydrogen) atoms. The molecule has 22 nitrogen and oxygen atoms in total. The number of aliphatic hydroxyl groups is 8. The van der Waals surface area contributed by atoms with Crippen LogP contribution in [0.1, 0.15) is 19.8 Å². The fourth-order valence-electron chi connectivity index (χ4n) is 3.94. The van der Waals surface area contributed by atoms with E-state index in [0.29, 0.717) is 37.6 Å². The number of amides is 1. The second-order valence-electron chi connectivity index (χ2n) is 10.8. The Morgan fingerprint density at radius 3 is 1.86 bits per heavy atom. The van der Waals surface area contributed by atoms with Crippen LogP contribution < -0.4 is 38.3 Å². The van der Waals surface area contributed by atoms with Crippen molar-refractivity contribution in [2.24, 2.45) is 16.7 Å². The molecule has 0 aliphatic heterocycles. The molecule has 22 heteroatoms. The number of carbonyl (C=O) groups excluding carboxylic acids is 1. The third-order valence-electron chi connectivity index (χ3n) is 6.72. The number of rotatable bonds is 33. The fraction of sp³-hybridized carbons (Fsp3) is 0.821. The van der Waals surface area contributed by atoms with Crippen LogP contribution in [-0.4, -0.2) is 175 Å². The van der Waals surface area contributed by atoms with E-state index in [4.69, 9.17) is 46.3 Å². The molecule has 0 aromatic rings. The van der Waals surface area contributed by atoms with Gasteiger partial charge in [-0.3, -0.25) is 10.6 Å². The molecule has 1 amide bonds. The monoisotopic (exact) mass is 729 g/mol. The molecule has 0 aromatic heterocycles. The van der Waals surface area contributed by atoms with Gasteiger partial charge in [-0.15, -0.1) is 0 Å². The number of hydrazine groups is 1. The topological polar surface area (TPSA) is 364 Å². The molecule has 0 heterocycles. The summed E-state index contributed by atoms with van der Waals surface area (Å²) in [6.07, 6.45) is -5.95. The highest BCUT2D eigenvalue weighted by Gasteiger charge is 2.33. The zero-order valence-electron chi connectivity index (χ0n) is 28.4. The van der Waals surface area contributed by atoms with Crippen molar-refractivity contribution in [2.45, 2.75) is 68.8 Å². The summed E-state index contributed by atoms with van der Waals surface area (Å²) in [5.74, 6) is 5.00. The molecule has 0 radical (unpaired) electrons. The van der Waals surface area contributed by atoms with Crippen LogP contribution in [0.5, 0.6) is 0 Å². The van der Waals surface area contributed by atoms with Gasteiger partial charge in [-0.2, -0.15) is 5.11 Å². The molecule has 8 unspecified atom stereocenters. The minimum atomic E-state index is -1.64. The van der Waals surface area contributed by atoms with Crippen molar-refractivity contribution < 1.29 is 64.6 Å². The summed E-state index contributed by atoms with van der Waals surface area (Å²) in [5, 5.41) is 92.2. The second-order valence-corrected chi connectivity index (χ2v) is 10.8. The first-order chi connectivity index (χ1) is 23.9. The number of ether oxygens (including phenoxy) is 4. The molecule has 0 saturated carbocycles. The van der Waals surface area contributed by atoms with Crippen LogP contribution in [0, 0.1) is 5.53 Å². The Bertz CT molecular complexity index is 941. The molecular weight excluding hydrogens is 670 g/mol. The lowest BCUT2D eigenvalue weighted by Crippen LogP contribution is -2.55. The molecule has 18 N–H and O–H groups in total. The van der Waals surface area contributed by atoms with Crippen molar-refractivity contribution in [1.82, 2.24) is 26.7 Å². The first-order valence-electron chi connectivity index (χ1n) is 16.0. The summed E-state index contributed by atoms with van der Waals surface area (Å²) in [6.45, 7) is 2.43. The summed E-state index contributed by atoms with van der Waals surface area (Å²) in [4.78, 5) is 11.4. The summed E-state index contributed by atoms with van der Waals surface area (Å²) in [7, 11) is 0. The Morgan fingerprint density at radius 1 is 0.800 bits per heavy atom. The Kier molecular flexibility index (Phi) is 28.4. The molecule has 8 atom stereocenters. The molecule has 0 spiro atoms. The van der Waals surface area contributed by atoms with E-state index in [0.717, 1.165) is 0 Å². The van der Waals surface area contributed by atoms with Crippen molar-refractivity contribution in [3.05, 3.63) is 23.8 Å². The highest BCUT2D eigenvalue weighted by Crippen LogP contribution is 2.10. The number of nitrogens with zero attached hydrogens (tertiary/aromatic N) is 1. The van der Waals surface area contributed by atoms with E-state index in [9.17, 15) is 35.4 Å². The summed E-state index contributed by atoms with van der Waals surface area (Å²) >= 11 is 0. The Hall–Kier alpha value is -2.65. The van der Waals surface area contributed by atoms with Crippen molar-refractivity contribution in [3.63, 3.8) is 0 Å². The van der Waals surface area contributed by atoms with Crippen LogP contribution in [0.4, 0.5) is 0 Å². The van der Waals surface area contributed by atoms with Crippen LogP contribution in [0.3, 0.4) is 0 Å². The minimum absolute atomic E-state index is 0.0124. The zero-order chi connectivity index (χ0) is 37.7. The molecule has 0 bridgehead atoms.